The zero-order chi connectivity index (χ0) is 7.68. The molecule has 0 fully saturated rings. The van der Waals surface area contributed by atoms with Crippen LogP contribution in [0.5, 0.6) is 5.75 Å². The average Bonchev–Trinajstić information content (AvgIpc) is 2.50. The van der Waals surface area contributed by atoms with Crippen LogP contribution in [0.3, 0.4) is 0 Å². The molecule has 1 N–H and O–H groups in total. The van der Waals surface area contributed by atoms with Gasteiger partial charge in [-0.3, -0.25) is 0 Å². The molecular weight excluding hydrogens is 162 g/mol. The van der Waals surface area contributed by atoms with E-state index in [1.54, 1.807) is 0 Å². The summed E-state index contributed by atoms with van der Waals surface area (Å²) in [6.45, 7) is 0. The molecule has 0 radical (unpaired) electrons. The molecular formula is C8H6ClNO. The molecule has 0 amide bonds. The normalized spacial score (nSPS) is 10.3. The second-order valence-electron chi connectivity index (χ2n) is 2.30. The number of H-pyrrole nitrogens is 1. The summed E-state index contributed by atoms with van der Waals surface area (Å²) in [5.74, 6) is 0.666. The van der Waals surface area contributed by atoms with E-state index in [9.17, 15) is 0 Å². The number of nitrogens with one attached hydrogen (secondary N) is 1. The minimum Gasteiger partial charge on any atom is -0.386 e. The summed E-state index contributed by atoms with van der Waals surface area (Å²) in [6, 6.07) is 7.58. The largest absolute Gasteiger partial charge is 0.386 e. The quantitative estimate of drug-likeness (QED) is 0.694. The van der Waals surface area contributed by atoms with Gasteiger partial charge in [-0.25, -0.2) is 0 Å². The molecule has 3 heteroatoms. The van der Waals surface area contributed by atoms with Gasteiger partial charge in [-0.15, -0.1) is 0 Å². The molecule has 0 aliphatic rings. The zero-order valence-electron chi connectivity index (χ0n) is 5.67. The number of fused-ring (bicyclic) bond motifs is 1. The van der Waals surface area contributed by atoms with E-state index in [2.05, 4.69) is 9.27 Å². The van der Waals surface area contributed by atoms with Crippen molar-refractivity contribution in [2.24, 2.45) is 0 Å². The van der Waals surface area contributed by atoms with Gasteiger partial charge in [0, 0.05) is 17.1 Å². The summed E-state index contributed by atoms with van der Waals surface area (Å²) in [5.41, 5.74) is 1.09. The number of hydrogen-bond donors (Lipinski definition) is 1. The molecule has 0 saturated carbocycles. The van der Waals surface area contributed by atoms with Crippen LogP contribution in [0.1, 0.15) is 0 Å². The van der Waals surface area contributed by atoms with Gasteiger partial charge in [-0.1, -0.05) is 0 Å². The average molecular weight is 168 g/mol. The lowest BCUT2D eigenvalue weighted by Gasteiger charge is -1.94. The molecule has 0 unspecified atom stereocenters. The Hall–Kier alpha value is -1.15. The zero-order valence-corrected chi connectivity index (χ0v) is 6.43. The van der Waals surface area contributed by atoms with Crippen LogP contribution < -0.4 is 4.29 Å². The van der Waals surface area contributed by atoms with Crippen molar-refractivity contribution in [3.8, 4) is 5.75 Å². The SMILES string of the molecule is ClOc1ccc2[nH]ccc2c1. The van der Waals surface area contributed by atoms with Crippen LogP contribution in [-0.4, -0.2) is 4.98 Å². The highest BCUT2D eigenvalue weighted by Gasteiger charge is 1.95. The van der Waals surface area contributed by atoms with Gasteiger partial charge in [-0.2, -0.15) is 0 Å². The standard InChI is InChI=1S/C8H6ClNO/c9-11-7-1-2-8-6(5-7)3-4-10-8/h1-5,10H. The highest BCUT2D eigenvalue weighted by molar-refractivity contribution is 6.09. The Kier molecular flexibility index (Phi) is 1.47. The predicted octanol–water partition coefficient (Wildman–Crippen LogP) is 2.70. The Morgan fingerprint density at radius 1 is 1.27 bits per heavy atom. The van der Waals surface area contributed by atoms with E-state index < -0.39 is 0 Å². The predicted molar refractivity (Wildman–Crippen MR) is 44.8 cm³/mol. The third-order valence-corrected chi connectivity index (χ3v) is 1.79. The first-order valence-corrected chi connectivity index (χ1v) is 3.57. The second kappa shape index (κ2) is 2.47. The van der Waals surface area contributed by atoms with Gasteiger partial charge in [0.1, 0.15) is 17.6 Å². The van der Waals surface area contributed by atoms with Gasteiger partial charge in [0.15, 0.2) is 0 Å². The van der Waals surface area contributed by atoms with E-state index in [1.807, 2.05) is 30.5 Å². The minimum absolute atomic E-state index is 0.666. The highest BCUT2D eigenvalue weighted by Crippen LogP contribution is 2.19. The number of rotatable bonds is 1. The summed E-state index contributed by atoms with van der Waals surface area (Å²) >= 11 is 5.18. The first-order chi connectivity index (χ1) is 5.40. The Labute approximate surface area is 68.9 Å². The van der Waals surface area contributed by atoms with Crippen molar-refractivity contribution in [2.45, 2.75) is 0 Å². The van der Waals surface area contributed by atoms with Crippen LogP contribution >= 0.6 is 11.9 Å². The first kappa shape index (κ1) is 6.55. The van der Waals surface area contributed by atoms with E-state index in [1.165, 1.54) is 0 Å². The molecule has 1 aromatic carbocycles. The number of halogens is 1. The van der Waals surface area contributed by atoms with E-state index in [0.717, 1.165) is 10.9 Å². The van der Waals surface area contributed by atoms with E-state index >= 15 is 0 Å². The summed E-state index contributed by atoms with van der Waals surface area (Å²) in [5, 5.41) is 1.10. The molecule has 0 atom stereocenters. The maximum absolute atomic E-state index is 5.18. The fourth-order valence-electron chi connectivity index (χ4n) is 1.08. The smallest absolute Gasteiger partial charge is 0.147 e. The van der Waals surface area contributed by atoms with Crippen molar-refractivity contribution in [1.29, 1.82) is 0 Å². The van der Waals surface area contributed by atoms with Gasteiger partial charge in [0.05, 0.1) is 0 Å². The first-order valence-electron chi connectivity index (χ1n) is 3.26. The van der Waals surface area contributed by atoms with Crippen molar-refractivity contribution >= 4 is 22.8 Å². The number of aromatic nitrogens is 1. The maximum Gasteiger partial charge on any atom is 0.147 e. The van der Waals surface area contributed by atoms with Gasteiger partial charge >= 0.3 is 0 Å². The van der Waals surface area contributed by atoms with E-state index in [4.69, 9.17) is 11.9 Å². The van der Waals surface area contributed by atoms with Crippen molar-refractivity contribution in [2.75, 3.05) is 0 Å². The molecule has 2 rings (SSSR count). The lowest BCUT2D eigenvalue weighted by atomic mass is 10.2. The number of aromatic amines is 1. The molecule has 1 aromatic heterocycles. The van der Waals surface area contributed by atoms with Crippen LogP contribution in [0.25, 0.3) is 10.9 Å². The summed E-state index contributed by atoms with van der Waals surface area (Å²) in [7, 11) is 0. The van der Waals surface area contributed by atoms with Gasteiger partial charge in [0.25, 0.3) is 0 Å². The van der Waals surface area contributed by atoms with Crippen LogP contribution in [-0.2, 0) is 0 Å². The number of hydrogen-bond acceptors (Lipinski definition) is 1. The Bertz CT molecular complexity index is 369. The van der Waals surface area contributed by atoms with Crippen molar-refractivity contribution in [3.63, 3.8) is 0 Å². The van der Waals surface area contributed by atoms with E-state index in [0.29, 0.717) is 5.75 Å². The molecule has 0 saturated heterocycles. The molecule has 1 heterocycles. The summed E-state index contributed by atoms with van der Waals surface area (Å²) in [6.07, 6.45) is 1.88. The van der Waals surface area contributed by atoms with Crippen molar-refractivity contribution in [3.05, 3.63) is 30.5 Å². The van der Waals surface area contributed by atoms with Crippen LogP contribution in [0.15, 0.2) is 30.5 Å². The molecule has 0 aliphatic heterocycles. The fraction of sp³-hybridized carbons (Fsp3) is 0. The molecule has 2 nitrogen and oxygen atoms in total. The molecule has 0 bridgehead atoms. The third-order valence-electron chi connectivity index (χ3n) is 1.61. The fourth-order valence-corrected chi connectivity index (χ4v) is 1.18. The third kappa shape index (κ3) is 1.05. The molecule has 0 aliphatic carbocycles. The topological polar surface area (TPSA) is 25.0 Å². The van der Waals surface area contributed by atoms with Crippen LogP contribution in [0.4, 0.5) is 0 Å². The summed E-state index contributed by atoms with van der Waals surface area (Å²) < 4.78 is 4.55. The number of benzene rings is 1. The lowest BCUT2D eigenvalue weighted by Crippen LogP contribution is -1.73. The Morgan fingerprint density at radius 3 is 3.00 bits per heavy atom. The van der Waals surface area contributed by atoms with E-state index in [-0.39, 0.29) is 0 Å². The molecule has 2 aromatic rings. The minimum atomic E-state index is 0.666. The Balaban J connectivity index is 2.67. The van der Waals surface area contributed by atoms with Crippen LogP contribution in [0.2, 0.25) is 0 Å². The van der Waals surface area contributed by atoms with Gasteiger partial charge in [-0.05, 0) is 24.3 Å². The summed E-state index contributed by atoms with van der Waals surface area (Å²) in [4.78, 5) is 3.07. The molecule has 0 spiro atoms. The van der Waals surface area contributed by atoms with Crippen molar-refractivity contribution in [1.82, 2.24) is 4.98 Å². The van der Waals surface area contributed by atoms with Gasteiger partial charge < -0.3 is 9.27 Å². The second-order valence-corrected chi connectivity index (χ2v) is 2.46. The lowest BCUT2D eigenvalue weighted by molar-refractivity contribution is 0.620. The maximum atomic E-state index is 5.18. The van der Waals surface area contributed by atoms with Crippen LogP contribution in [0, 0.1) is 0 Å². The highest BCUT2D eigenvalue weighted by atomic mass is 35.5. The molecule has 56 valence electrons. The Morgan fingerprint density at radius 2 is 2.18 bits per heavy atom. The molecule has 11 heavy (non-hydrogen) atoms. The van der Waals surface area contributed by atoms with Crippen molar-refractivity contribution < 1.29 is 4.29 Å². The monoisotopic (exact) mass is 167 g/mol. The van der Waals surface area contributed by atoms with Gasteiger partial charge in [0.2, 0.25) is 0 Å².